The molecule has 2 aliphatic heterocycles. The summed E-state index contributed by atoms with van der Waals surface area (Å²) in [6, 6.07) is 7.76. The monoisotopic (exact) mass is 273 g/mol. The van der Waals surface area contributed by atoms with Crippen LogP contribution in [0.5, 0.6) is 0 Å². The standard InChI is InChI=1S/C15H19N3O2/c1-17-14(19)8-13(15(17)20)18-9-10(6-7-16)11-4-2-3-5-12(11)18/h2-5,10,13H,6-9,16H2,1H3. The molecule has 106 valence electrons. The molecule has 1 aromatic carbocycles. The van der Waals surface area contributed by atoms with Crippen LogP contribution < -0.4 is 10.6 Å². The van der Waals surface area contributed by atoms with Crippen molar-refractivity contribution >= 4 is 17.5 Å². The summed E-state index contributed by atoms with van der Waals surface area (Å²) in [6.45, 7) is 1.40. The van der Waals surface area contributed by atoms with Crippen molar-refractivity contribution in [1.29, 1.82) is 0 Å². The molecule has 0 spiro atoms. The van der Waals surface area contributed by atoms with Crippen molar-refractivity contribution in [3.63, 3.8) is 0 Å². The number of benzene rings is 1. The molecule has 0 bridgehead atoms. The summed E-state index contributed by atoms with van der Waals surface area (Å²) < 4.78 is 0. The predicted molar refractivity (Wildman–Crippen MR) is 76.4 cm³/mol. The Labute approximate surface area is 118 Å². The highest BCUT2D eigenvalue weighted by Gasteiger charge is 2.43. The van der Waals surface area contributed by atoms with Crippen LogP contribution in [0.15, 0.2) is 24.3 Å². The van der Waals surface area contributed by atoms with Crippen molar-refractivity contribution in [1.82, 2.24) is 4.90 Å². The summed E-state index contributed by atoms with van der Waals surface area (Å²) in [5.41, 5.74) is 8.01. The van der Waals surface area contributed by atoms with Crippen LogP contribution in [0, 0.1) is 0 Å². The smallest absolute Gasteiger partial charge is 0.252 e. The van der Waals surface area contributed by atoms with Crippen LogP contribution in [0.25, 0.3) is 0 Å². The van der Waals surface area contributed by atoms with Crippen molar-refractivity contribution in [2.24, 2.45) is 5.73 Å². The largest absolute Gasteiger partial charge is 0.358 e. The molecule has 0 aromatic heterocycles. The lowest BCUT2D eigenvalue weighted by Gasteiger charge is -2.25. The van der Waals surface area contributed by atoms with Crippen LogP contribution in [0.1, 0.15) is 24.3 Å². The van der Waals surface area contributed by atoms with E-state index >= 15 is 0 Å². The van der Waals surface area contributed by atoms with Gasteiger partial charge in [-0.1, -0.05) is 18.2 Å². The Morgan fingerprint density at radius 3 is 2.70 bits per heavy atom. The second-order valence-electron chi connectivity index (χ2n) is 5.50. The van der Waals surface area contributed by atoms with Gasteiger partial charge in [-0.2, -0.15) is 0 Å². The highest BCUT2D eigenvalue weighted by molar-refractivity contribution is 6.07. The highest BCUT2D eigenvalue weighted by atomic mass is 16.2. The zero-order valence-electron chi connectivity index (χ0n) is 11.6. The molecule has 0 saturated carbocycles. The molecule has 1 saturated heterocycles. The fraction of sp³-hybridized carbons (Fsp3) is 0.467. The molecule has 2 heterocycles. The van der Waals surface area contributed by atoms with Crippen molar-refractivity contribution in [2.45, 2.75) is 24.8 Å². The second kappa shape index (κ2) is 4.90. The number of likely N-dealkylation sites (N-methyl/N-ethyl adjacent to an activating group) is 1. The number of hydrogen-bond donors (Lipinski definition) is 1. The van der Waals surface area contributed by atoms with E-state index in [9.17, 15) is 9.59 Å². The number of anilines is 1. The Balaban J connectivity index is 1.93. The van der Waals surface area contributed by atoms with Crippen LogP contribution in [-0.4, -0.2) is 42.9 Å². The van der Waals surface area contributed by atoms with Gasteiger partial charge in [0.15, 0.2) is 0 Å². The molecular weight excluding hydrogens is 254 g/mol. The molecule has 2 N–H and O–H groups in total. The number of fused-ring (bicyclic) bond motifs is 1. The molecule has 0 aliphatic carbocycles. The number of hydrogen-bond acceptors (Lipinski definition) is 4. The van der Waals surface area contributed by atoms with E-state index in [1.54, 1.807) is 7.05 Å². The van der Waals surface area contributed by atoms with Crippen LogP contribution in [-0.2, 0) is 9.59 Å². The molecule has 2 aliphatic rings. The first-order chi connectivity index (χ1) is 9.63. The van der Waals surface area contributed by atoms with Gasteiger partial charge in [0.1, 0.15) is 6.04 Å². The number of amides is 2. The molecule has 2 unspecified atom stereocenters. The van der Waals surface area contributed by atoms with E-state index in [4.69, 9.17) is 5.73 Å². The molecule has 0 radical (unpaired) electrons. The zero-order chi connectivity index (χ0) is 14.3. The number of rotatable bonds is 3. The summed E-state index contributed by atoms with van der Waals surface area (Å²) in [6.07, 6.45) is 1.18. The molecule has 2 amide bonds. The zero-order valence-corrected chi connectivity index (χ0v) is 11.6. The van der Waals surface area contributed by atoms with Gasteiger partial charge in [-0.3, -0.25) is 14.5 Å². The van der Waals surface area contributed by atoms with Crippen molar-refractivity contribution in [2.75, 3.05) is 25.0 Å². The number of carbonyl (C=O) groups is 2. The normalized spacial score (nSPS) is 25.5. The van der Waals surface area contributed by atoms with Crippen molar-refractivity contribution in [3.8, 4) is 0 Å². The summed E-state index contributed by atoms with van der Waals surface area (Å²) >= 11 is 0. The minimum atomic E-state index is -0.351. The maximum atomic E-state index is 12.2. The lowest BCUT2D eigenvalue weighted by Crippen LogP contribution is -2.40. The lowest BCUT2D eigenvalue weighted by atomic mass is 9.98. The third-order valence-corrected chi connectivity index (χ3v) is 4.35. The minimum absolute atomic E-state index is 0.0974. The fourth-order valence-electron chi connectivity index (χ4n) is 3.25. The highest BCUT2D eigenvalue weighted by Crippen LogP contribution is 2.40. The van der Waals surface area contributed by atoms with Crippen LogP contribution in [0.4, 0.5) is 5.69 Å². The molecular formula is C15H19N3O2. The first-order valence-corrected chi connectivity index (χ1v) is 6.99. The molecule has 3 rings (SSSR count). The van der Waals surface area contributed by atoms with Crippen LogP contribution in [0.2, 0.25) is 0 Å². The van der Waals surface area contributed by atoms with Gasteiger partial charge in [-0.15, -0.1) is 0 Å². The first kappa shape index (κ1) is 13.1. The number of likely N-dealkylation sites (tertiary alicyclic amines) is 1. The topological polar surface area (TPSA) is 66.6 Å². The first-order valence-electron chi connectivity index (χ1n) is 6.99. The van der Waals surface area contributed by atoms with E-state index in [0.29, 0.717) is 12.5 Å². The van der Waals surface area contributed by atoms with Crippen molar-refractivity contribution < 1.29 is 9.59 Å². The summed E-state index contributed by atoms with van der Waals surface area (Å²) in [7, 11) is 1.56. The molecule has 1 aromatic rings. The number of carbonyl (C=O) groups excluding carboxylic acids is 2. The van der Waals surface area contributed by atoms with Gasteiger partial charge < -0.3 is 10.6 Å². The maximum Gasteiger partial charge on any atom is 0.252 e. The average Bonchev–Trinajstić information content (AvgIpc) is 2.93. The number of para-hydroxylation sites is 1. The third-order valence-electron chi connectivity index (χ3n) is 4.35. The Morgan fingerprint density at radius 1 is 1.30 bits per heavy atom. The fourth-order valence-corrected chi connectivity index (χ4v) is 3.25. The Bertz CT molecular complexity index is 558. The third kappa shape index (κ3) is 1.89. The van der Waals surface area contributed by atoms with E-state index in [1.165, 1.54) is 10.5 Å². The quantitative estimate of drug-likeness (QED) is 0.823. The molecule has 20 heavy (non-hydrogen) atoms. The molecule has 5 nitrogen and oxygen atoms in total. The Morgan fingerprint density at radius 2 is 2.05 bits per heavy atom. The second-order valence-corrected chi connectivity index (χ2v) is 5.50. The number of nitrogens with zero attached hydrogens (tertiary/aromatic N) is 2. The summed E-state index contributed by atoms with van der Waals surface area (Å²) in [5, 5.41) is 0. The van der Waals surface area contributed by atoms with E-state index < -0.39 is 0 Å². The van der Waals surface area contributed by atoms with E-state index in [1.807, 2.05) is 18.2 Å². The van der Waals surface area contributed by atoms with E-state index in [-0.39, 0.29) is 24.3 Å². The van der Waals surface area contributed by atoms with Gasteiger partial charge in [0, 0.05) is 25.2 Å². The predicted octanol–water partition coefficient (Wildman–Crippen LogP) is 0.696. The summed E-state index contributed by atoms with van der Waals surface area (Å²) in [4.78, 5) is 27.3. The van der Waals surface area contributed by atoms with Crippen LogP contribution >= 0.6 is 0 Å². The van der Waals surface area contributed by atoms with Crippen LogP contribution in [0.3, 0.4) is 0 Å². The molecule has 1 fully saturated rings. The number of nitrogens with two attached hydrogens (primary N) is 1. The van der Waals surface area contributed by atoms with Gasteiger partial charge in [-0.25, -0.2) is 0 Å². The minimum Gasteiger partial charge on any atom is -0.358 e. The van der Waals surface area contributed by atoms with Gasteiger partial charge in [-0.05, 0) is 24.6 Å². The van der Waals surface area contributed by atoms with Gasteiger partial charge in [0.05, 0.1) is 6.42 Å². The Hall–Kier alpha value is -1.88. The van der Waals surface area contributed by atoms with Gasteiger partial charge >= 0.3 is 0 Å². The average molecular weight is 273 g/mol. The molecule has 5 heteroatoms. The van der Waals surface area contributed by atoms with Crippen molar-refractivity contribution in [3.05, 3.63) is 29.8 Å². The lowest BCUT2D eigenvalue weighted by molar-refractivity contribution is -0.136. The summed E-state index contributed by atoms with van der Waals surface area (Å²) in [5.74, 6) is 0.156. The van der Waals surface area contributed by atoms with Gasteiger partial charge in [0.2, 0.25) is 5.91 Å². The maximum absolute atomic E-state index is 12.2. The Kier molecular flexibility index (Phi) is 3.22. The van der Waals surface area contributed by atoms with Gasteiger partial charge in [0.25, 0.3) is 5.91 Å². The molecule has 2 atom stereocenters. The number of imide groups is 1. The SMILES string of the molecule is CN1C(=O)CC(N2CC(CCN)c3ccccc32)C1=O. The van der Waals surface area contributed by atoms with E-state index in [2.05, 4.69) is 11.0 Å². The van der Waals surface area contributed by atoms with E-state index in [0.717, 1.165) is 18.7 Å².